The van der Waals surface area contributed by atoms with Crippen LogP contribution in [0.5, 0.6) is 5.75 Å². The van der Waals surface area contributed by atoms with Crippen LogP contribution in [0.2, 0.25) is 0 Å². The second-order valence-corrected chi connectivity index (χ2v) is 9.85. The van der Waals surface area contributed by atoms with Crippen molar-refractivity contribution in [3.63, 3.8) is 0 Å². The lowest BCUT2D eigenvalue weighted by Gasteiger charge is -2.22. The average molecular weight is 575 g/mol. The first kappa shape index (κ1) is 31.7. The van der Waals surface area contributed by atoms with E-state index in [1.165, 1.54) is 17.6 Å². The second kappa shape index (κ2) is 16.4. The highest BCUT2D eigenvalue weighted by Crippen LogP contribution is 2.26. The molecule has 0 bridgehead atoms. The number of para-hydroxylation sites is 1. The van der Waals surface area contributed by atoms with Gasteiger partial charge in [-0.3, -0.25) is 14.4 Å². The van der Waals surface area contributed by atoms with Gasteiger partial charge in [-0.05, 0) is 61.1 Å². The van der Waals surface area contributed by atoms with Gasteiger partial charge in [0.05, 0.1) is 32.2 Å². The lowest BCUT2D eigenvalue weighted by atomic mass is 10.1. The van der Waals surface area contributed by atoms with E-state index in [2.05, 4.69) is 16.0 Å². The number of carbonyl (C=O) groups excluding carboxylic acids is 3. The number of rotatable bonds is 15. The fourth-order valence-corrected chi connectivity index (χ4v) is 4.34. The Labute approximate surface area is 246 Å². The lowest BCUT2D eigenvalue weighted by molar-refractivity contribution is -0.139. The zero-order valence-electron chi connectivity index (χ0n) is 24.0. The van der Waals surface area contributed by atoms with E-state index in [1.54, 1.807) is 24.3 Å². The first-order chi connectivity index (χ1) is 20.2. The van der Waals surface area contributed by atoms with Gasteiger partial charge in [0.2, 0.25) is 11.8 Å². The van der Waals surface area contributed by atoms with Crippen LogP contribution in [0.3, 0.4) is 0 Å². The molecular weight excluding hydrogens is 536 g/mol. The van der Waals surface area contributed by atoms with E-state index in [9.17, 15) is 19.2 Å². The van der Waals surface area contributed by atoms with Crippen LogP contribution in [0.4, 0.5) is 16.2 Å². The number of carbonyl (C=O) groups is 4. The van der Waals surface area contributed by atoms with Crippen molar-refractivity contribution in [3.05, 3.63) is 89.5 Å². The van der Waals surface area contributed by atoms with E-state index in [4.69, 9.17) is 9.84 Å². The van der Waals surface area contributed by atoms with Crippen LogP contribution in [-0.4, -0.2) is 60.6 Å². The number of urea groups is 1. The van der Waals surface area contributed by atoms with Gasteiger partial charge >= 0.3 is 12.0 Å². The van der Waals surface area contributed by atoms with Crippen molar-refractivity contribution in [1.29, 1.82) is 0 Å². The molecule has 10 heteroatoms. The molecule has 0 saturated heterocycles. The van der Waals surface area contributed by atoms with Gasteiger partial charge in [-0.2, -0.15) is 0 Å². The second-order valence-electron chi connectivity index (χ2n) is 9.85. The van der Waals surface area contributed by atoms with Crippen molar-refractivity contribution in [2.24, 2.45) is 0 Å². The summed E-state index contributed by atoms with van der Waals surface area (Å²) in [5, 5.41) is 17.3. The number of nitrogens with zero attached hydrogens (tertiary/aromatic N) is 1. The number of aliphatic carboxylic acids is 1. The number of benzene rings is 3. The molecule has 0 radical (unpaired) electrons. The summed E-state index contributed by atoms with van der Waals surface area (Å²) in [7, 11) is 1.47. The fourth-order valence-electron chi connectivity index (χ4n) is 4.34. The molecule has 4 N–H and O–H groups in total. The van der Waals surface area contributed by atoms with Gasteiger partial charge in [-0.25, -0.2) is 4.79 Å². The monoisotopic (exact) mass is 574 g/mol. The van der Waals surface area contributed by atoms with Gasteiger partial charge in [0.15, 0.2) is 0 Å². The van der Waals surface area contributed by atoms with Gasteiger partial charge in [0.25, 0.3) is 0 Å². The minimum Gasteiger partial charge on any atom is -0.495 e. The number of nitrogens with one attached hydrogen (secondary N) is 3. The quantitative estimate of drug-likeness (QED) is 0.195. The molecule has 0 fully saturated rings. The molecule has 10 nitrogen and oxygen atoms in total. The number of methoxy groups -OCH3 is 1. The van der Waals surface area contributed by atoms with Crippen molar-refractivity contribution < 1.29 is 29.0 Å². The Balaban J connectivity index is 1.49. The molecule has 0 unspecified atom stereocenters. The summed E-state index contributed by atoms with van der Waals surface area (Å²) in [5.74, 6) is -1.31. The maximum Gasteiger partial charge on any atom is 0.323 e. The molecule has 42 heavy (non-hydrogen) atoms. The zero-order valence-corrected chi connectivity index (χ0v) is 24.0. The van der Waals surface area contributed by atoms with Crippen molar-refractivity contribution in [2.75, 3.05) is 37.4 Å². The summed E-state index contributed by atoms with van der Waals surface area (Å²) in [5.41, 5.74) is 3.88. The molecule has 0 heterocycles. The maximum absolute atomic E-state index is 12.8. The highest BCUT2D eigenvalue weighted by molar-refractivity contribution is 6.01. The standard InChI is InChI=1S/C32H38N4O6/c1-23-10-6-7-14-26(23)34-32(41)35-27-16-15-25(20-28(27)42-2)21-29(37)33-22-30(38)36(19-17-31(39)40)18-9-8-13-24-11-4-3-5-12-24/h3-7,10-12,14-16,20H,8-9,13,17-19,21-22H2,1-2H3,(H,33,37)(H,39,40)(H2,34,35,41). The van der Waals surface area contributed by atoms with Gasteiger partial charge < -0.3 is 30.7 Å². The summed E-state index contributed by atoms with van der Waals surface area (Å²) < 4.78 is 5.41. The minimum absolute atomic E-state index is 0.00840. The van der Waals surface area contributed by atoms with Crippen LogP contribution in [-0.2, 0) is 27.2 Å². The SMILES string of the molecule is COc1cc(CC(=O)NCC(=O)N(CCCCc2ccccc2)CCC(=O)O)ccc1NC(=O)Nc1ccccc1C. The smallest absolute Gasteiger partial charge is 0.323 e. The van der Waals surface area contributed by atoms with E-state index in [-0.39, 0.29) is 37.7 Å². The van der Waals surface area contributed by atoms with E-state index in [0.717, 1.165) is 24.8 Å². The molecule has 0 saturated carbocycles. The molecule has 0 spiro atoms. The molecule has 3 rings (SSSR count). The van der Waals surface area contributed by atoms with Gasteiger partial charge in [0, 0.05) is 18.8 Å². The number of anilines is 2. The molecule has 0 aromatic heterocycles. The van der Waals surface area contributed by atoms with Gasteiger partial charge in [-0.1, -0.05) is 54.6 Å². The Morgan fingerprint density at radius 1 is 0.833 bits per heavy atom. The molecule has 0 aliphatic heterocycles. The molecule has 0 aliphatic rings. The molecule has 3 aromatic rings. The number of carboxylic acid groups (broad SMARTS) is 1. The molecule has 4 amide bonds. The largest absolute Gasteiger partial charge is 0.495 e. The highest BCUT2D eigenvalue weighted by atomic mass is 16.5. The van der Waals surface area contributed by atoms with Crippen LogP contribution in [0.1, 0.15) is 36.0 Å². The van der Waals surface area contributed by atoms with E-state index in [0.29, 0.717) is 29.2 Å². The van der Waals surface area contributed by atoms with E-state index >= 15 is 0 Å². The Hall–Kier alpha value is -4.86. The van der Waals surface area contributed by atoms with Gasteiger partial charge in [-0.15, -0.1) is 0 Å². The third kappa shape index (κ3) is 10.6. The first-order valence-electron chi connectivity index (χ1n) is 13.9. The van der Waals surface area contributed by atoms with Crippen LogP contribution < -0.4 is 20.7 Å². The number of unbranched alkanes of at least 4 members (excludes halogenated alkanes) is 1. The number of ether oxygens (including phenoxy) is 1. The summed E-state index contributed by atoms with van der Waals surface area (Å²) in [6, 6.07) is 22.0. The van der Waals surface area contributed by atoms with Crippen molar-refractivity contribution in [1.82, 2.24) is 10.2 Å². The Morgan fingerprint density at radius 2 is 1.55 bits per heavy atom. The molecule has 0 aliphatic carbocycles. The predicted molar refractivity (Wildman–Crippen MR) is 162 cm³/mol. The Kier molecular flexibility index (Phi) is 12.4. The number of amides is 4. The maximum atomic E-state index is 12.8. The molecular formula is C32H38N4O6. The fraction of sp³-hybridized carbons (Fsp3) is 0.312. The zero-order chi connectivity index (χ0) is 30.3. The Bertz CT molecular complexity index is 1360. The van der Waals surface area contributed by atoms with Crippen molar-refractivity contribution in [2.45, 2.75) is 39.0 Å². The highest BCUT2D eigenvalue weighted by Gasteiger charge is 2.17. The molecule has 0 atom stereocenters. The van der Waals surface area contributed by atoms with Crippen molar-refractivity contribution in [3.8, 4) is 5.75 Å². The predicted octanol–water partition coefficient (Wildman–Crippen LogP) is 4.63. The molecule has 222 valence electrons. The number of carboxylic acids is 1. The van der Waals surface area contributed by atoms with Crippen LogP contribution in [0.25, 0.3) is 0 Å². The van der Waals surface area contributed by atoms with Crippen LogP contribution in [0, 0.1) is 6.92 Å². The average Bonchev–Trinajstić information content (AvgIpc) is 2.98. The first-order valence-corrected chi connectivity index (χ1v) is 13.9. The summed E-state index contributed by atoms with van der Waals surface area (Å²) in [6.45, 7) is 2.16. The normalized spacial score (nSPS) is 10.4. The molecule has 3 aromatic carbocycles. The van der Waals surface area contributed by atoms with Crippen LogP contribution >= 0.6 is 0 Å². The van der Waals surface area contributed by atoms with E-state index < -0.39 is 12.0 Å². The summed E-state index contributed by atoms with van der Waals surface area (Å²) in [4.78, 5) is 50.5. The third-order valence-corrected chi connectivity index (χ3v) is 6.64. The summed E-state index contributed by atoms with van der Waals surface area (Å²) >= 11 is 0. The number of hydrogen-bond acceptors (Lipinski definition) is 5. The topological polar surface area (TPSA) is 137 Å². The number of hydrogen-bond donors (Lipinski definition) is 4. The summed E-state index contributed by atoms with van der Waals surface area (Å²) in [6.07, 6.45) is 2.27. The van der Waals surface area contributed by atoms with E-state index in [1.807, 2.05) is 55.5 Å². The minimum atomic E-state index is -0.985. The third-order valence-electron chi connectivity index (χ3n) is 6.64. The Morgan fingerprint density at radius 3 is 2.26 bits per heavy atom. The number of aryl methyl sites for hydroxylation is 2. The van der Waals surface area contributed by atoms with Gasteiger partial charge in [0.1, 0.15) is 5.75 Å². The lowest BCUT2D eigenvalue weighted by Crippen LogP contribution is -2.42. The van der Waals surface area contributed by atoms with Crippen LogP contribution in [0.15, 0.2) is 72.8 Å². The van der Waals surface area contributed by atoms with Crippen molar-refractivity contribution >= 4 is 35.2 Å².